The molecule has 0 bridgehead atoms. The number of nitrogens with one attached hydrogen (secondary N) is 1. The highest BCUT2D eigenvalue weighted by molar-refractivity contribution is 5.74. The monoisotopic (exact) mass is 229 g/mol. The van der Waals surface area contributed by atoms with Crippen LogP contribution in [0.5, 0.6) is 5.75 Å². The first-order chi connectivity index (χ1) is 8.19. The molecular formula is C13H15N3O. The van der Waals surface area contributed by atoms with Gasteiger partial charge in [-0.3, -0.25) is 0 Å². The van der Waals surface area contributed by atoms with Crippen LogP contribution in [0.2, 0.25) is 0 Å². The predicted octanol–water partition coefficient (Wildman–Crippen LogP) is 2.60. The van der Waals surface area contributed by atoms with Gasteiger partial charge in [0.25, 0.3) is 0 Å². The van der Waals surface area contributed by atoms with E-state index in [1.54, 1.807) is 13.2 Å². The van der Waals surface area contributed by atoms with E-state index >= 15 is 0 Å². The second-order valence-electron chi connectivity index (χ2n) is 3.70. The van der Waals surface area contributed by atoms with Crippen molar-refractivity contribution in [3.8, 4) is 5.75 Å². The number of hydrogen-bond acceptors (Lipinski definition) is 4. The topological polar surface area (TPSA) is 73.3 Å². The Morgan fingerprint density at radius 3 is 2.35 bits per heavy atom. The van der Waals surface area contributed by atoms with E-state index in [2.05, 4.69) is 5.32 Å². The average Bonchev–Trinajstić information content (AvgIpc) is 2.35. The molecule has 2 rings (SSSR count). The van der Waals surface area contributed by atoms with E-state index in [0.29, 0.717) is 5.69 Å². The first-order valence-corrected chi connectivity index (χ1v) is 5.25. The Balaban J connectivity index is 2.25. The molecule has 5 N–H and O–H groups in total. The number of nitrogen functional groups attached to an aromatic ring is 2. The third-order valence-electron chi connectivity index (χ3n) is 2.45. The van der Waals surface area contributed by atoms with Gasteiger partial charge in [0.2, 0.25) is 0 Å². The van der Waals surface area contributed by atoms with Crippen LogP contribution < -0.4 is 21.5 Å². The molecule has 0 radical (unpaired) electrons. The highest BCUT2D eigenvalue weighted by Crippen LogP contribution is 2.27. The van der Waals surface area contributed by atoms with Crippen molar-refractivity contribution in [2.75, 3.05) is 23.9 Å². The number of hydrogen-bond donors (Lipinski definition) is 3. The molecule has 4 nitrogen and oxygen atoms in total. The van der Waals surface area contributed by atoms with E-state index in [-0.39, 0.29) is 0 Å². The summed E-state index contributed by atoms with van der Waals surface area (Å²) < 4.78 is 5.15. The van der Waals surface area contributed by atoms with Crippen LogP contribution >= 0.6 is 0 Å². The van der Waals surface area contributed by atoms with E-state index in [0.717, 1.165) is 22.8 Å². The second-order valence-corrected chi connectivity index (χ2v) is 3.70. The summed E-state index contributed by atoms with van der Waals surface area (Å²) in [6, 6.07) is 12.9. The highest BCUT2D eigenvalue weighted by Gasteiger charge is 2.01. The lowest BCUT2D eigenvalue weighted by atomic mass is 10.2. The SMILES string of the molecule is COc1ccc(N)c(Nc2ccc(N)cc2)c1. The predicted molar refractivity (Wildman–Crippen MR) is 71.5 cm³/mol. The third kappa shape index (κ3) is 2.60. The van der Waals surface area contributed by atoms with Gasteiger partial charge in [-0.15, -0.1) is 0 Å². The van der Waals surface area contributed by atoms with Gasteiger partial charge in [-0.05, 0) is 36.4 Å². The van der Waals surface area contributed by atoms with Crippen molar-refractivity contribution in [1.82, 2.24) is 0 Å². The average molecular weight is 229 g/mol. The zero-order valence-corrected chi connectivity index (χ0v) is 9.60. The van der Waals surface area contributed by atoms with Crippen LogP contribution in [0.1, 0.15) is 0 Å². The Hall–Kier alpha value is -2.36. The maximum atomic E-state index is 5.88. The van der Waals surface area contributed by atoms with Gasteiger partial charge in [0.05, 0.1) is 18.5 Å². The fourth-order valence-corrected chi connectivity index (χ4v) is 1.49. The maximum absolute atomic E-state index is 5.88. The van der Waals surface area contributed by atoms with Gasteiger partial charge in [-0.25, -0.2) is 0 Å². The summed E-state index contributed by atoms with van der Waals surface area (Å²) in [4.78, 5) is 0. The number of anilines is 4. The molecule has 0 amide bonds. The molecule has 0 saturated carbocycles. The Bertz CT molecular complexity index is 509. The summed E-state index contributed by atoms with van der Waals surface area (Å²) in [7, 11) is 1.62. The first kappa shape index (κ1) is 11.1. The number of rotatable bonds is 3. The van der Waals surface area contributed by atoms with E-state index in [1.165, 1.54) is 0 Å². The summed E-state index contributed by atoms with van der Waals surface area (Å²) in [6.07, 6.45) is 0. The lowest BCUT2D eigenvalue weighted by molar-refractivity contribution is 0.415. The molecule has 17 heavy (non-hydrogen) atoms. The molecule has 0 aliphatic heterocycles. The summed E-state index contributed by atoms with van der Waals surface area (Å²) in [5.74, 6) is 0.761. The molecule has 2 aromatic rings. The molecule has 0 atom stereocenters. The normalized spacial score (nSPS) is 9.94. The van der Waals surface area contributed by atoms with Gasteiger partial charge in [0, 0.05) is 17.4 Å². The quantitative estimate of drug-likeness (QED) is 0.707. The van der Waals surface area contributed by atoms with Gasteiger partial charge in [-0.1, -0.05) is 0 Å². The maximum Gasteiger partial charge on any atom is 0.121 e. The summed E-state index contributed by atoms with van der Waals surface area (Å²) in [5, 5.41) is 3.21. The van der Waals surface area contributed by atoms with Crippen LogP contribution in [0.15, 0.2) is 42.5 Å². The summed E-state index contributed by atoms with van der Waals surface area (Å²) >= 11 is 0. The molecule has 2 aromatic carbocycles. The zero-order valence-electron chi connectivity index (χ0n) is 9.60. The van der Waals surface area contributed by atoms with Crippen LogP contribution in [-0.2, 0) is 0 Å². The Morgan fingerprint density at radius 2 is 1.71 bits per heavy atom. The van der Waals surface area contributed by atoms with Crippen molar-refractivity contribution in [2.45, 2.75) is 0 Å². The van der Waals surface area contributed by atoms with Crippen LogP contribution in [0.4, 0.5) is 22.7 Å². The zero-order chi connectivity index (χ0) is 12.3. The van der Waals surface area contributed by atoms with Gasteiger partial charge in [0.1, 0.15) is 5.75 Å². The largest absolute Gasteiger partial charge is 0.497 e. The van der Waals surface area contributed by atoms with E-state index in [4.69, 9.17) is 16.2 Å². The molecule has 0 unspecified atom stereocenters. The minimum atomic E-state index is 0.669. The minimum absolute atomic E-state index is 0.669. The molecule has 0 spiro atoms. The number of methoxy groups -OCH3 is 1. The fraction of sp³-hybridized carbons (Fsp3) is 0.0769. The molecule has 0 aliphatic carbocycles. The van der Waals surface area contributed by atoms with Crippen LogP contribution in [0, 0.1) is 0 Å². The number of nitrogens with two attached hydrogens (primary N) is 2. The molecular weight excluding hydrogens is 214 g/mol. The number of benzene rings is 2. The molecule has 88 valence electrons. The molecule has 0 heterocycles. The fourth-order valence-electron chi connectivity index (χ4n) is 1.49. The lowest BCUT2D eigenvalue weighted by Gasteiger charge is -2.11. The first-order valence-electron chi connectivity index (χ1n) is 5.25. The second kappa shape index (κ2) is 4.65. The van der Waals surface area contributed by atoms with Gasteiger partial charge in [0.15, 0.2) is 0 Å². The van der Waals surface area contributed by atoms with Crippen molar-refractivity contribution in [1.29, 1.82) is 0 Å². The van der Waals surface area contributed by atoms with Crippen LogP contribution in [0.25, 0.3) is 0 Å². The summed E-state index contributed by atoms with van der Waals surface area (Å²) in [6.45, 7) is 0. The lowest BCUT2D eigenvalue weighted by Crippen LogP contribution is -1.97. The van der Waals surface area contributed by atoms with Gasteiger partial charge < -0.3 is 21.5 Å². The highest BCUT2D eigenvalue weighted by atomic mass is 16.5. The molecule has 0 aliphatic rings. The number of ether oxygens (including phenoxy) is 1. The minimum Gasteiger partial charge on any atom is -0.497 e. The van der Waals surface area contributed by atoms with Crippen molar-refractivity contribution >= 4 is 22.7 Å². The third-order valence-corrected chi connectivity index (χ3v) is 2.45. The smallest absolute Gasteiger partial charge is 0.121 e. The van der Waals surface area contributed by atoms with Crippen molar-refractivity contribution in [2.24, 2.45) is 0 Å². The molecule has 0 fully saturated rings. The molecule has 0 aromatic heterocycles. The Kier molecular flexibility index (Phi) is 3.05. The molecule has 0 saturated heterocycles. The van der Waals surface area contributed by atoms with E-state index < -0.39 is 0 Å². The Morgan fingerprint density at radius 1 is 1.00 bits per heavy atom. The van der Waals surface area contributed by atoms with Gasteiger partial charge in [-0.2, -0.15) is 0 Å². The van der Waals surface area contributed by atoms with E-state index in [9.17, 15) is 0 Å². The Labute approximate surface area is 100 Å². The van der Waals surface area contributed by atoms with Gasteiger partial charge >= 0.3 is 0 Å². The van der Waals surface area contributed by atoms with Crippen molar-refractivity contribution < 1.29 is 4.74 Å². The van der Waals surface area contributed by atoms with Crippen LogP contribution in [0.3, 0.4) is 0 Å². The van der Waals surface area contributed by atoms with Crippen molar-refractivity contribution in [3.63, 3.8) is 0 Å². The molecule has 4 heteroatoms. The van der Waals surface area contributed by atoms with Crippen LogP contribution in [-0.4, -0.2) is 7.11 Å². The van der Waals surface area contributed by atoms with E-state index in [1.807, 2.05) is 36.4 Å². The standard InChI is InChI=1S/C13H15N3O/c1-17-11-6-7-12(15)13(8-11)16-10-4-2-9(14)3-5-10/h2-8,16H,14-15H2,1H3. The summed E-state index contributed by atoms with van der Waals surface area (Å²) in [5.41, 5.74) is 14.6. The van der Waals surface area contributed by atoms with Crippen molar-refractivity contribution in [3.05, 3.63) is 42.5 Å².